The van der Waals surface area contributed by atoms with Gasteiger partial charge in [0.25, 0.3) is 0 Å². The van der Waals surface area contributed by atoms with Crippen molar-refractivity contribution in [3.63, 3.8) is 0 Å². The second-order valence-electron chi connectivity index (χ2n) is 6.91. The molecule has 0 radical (unpaired) electrons. The van der Waals surface area contributed by atoms with Gasteiger partial charge in [-0.15, -0.1) is 0 Å². The molecule has 1 aliphatic heterocycles. The second-order valence-corrected chi connectivity index (χ2v) is 7.89. The predicted octanol–water partition coefficient (Wildman–Crippen LogP) is 5.86. The van der Waals surface area contributed by atoms with Crippen LogP contribution >= 0.6 is 11.8 Å². The lowest BCUT2D eigenvalue weighted by molar-refractivity contribution is -0.186. The molecule has 132 valence electrons. The molecular formula is C24H24OS. The van der Waals surface area contributed by atoms with Crippen molar-refractivity contribution in [3.8, 4) is 0 Å². The van der Waals surface area contributed by atoms with Crippen molar-refractivity contribution in [2.24, 2.45) is 0 Å². The van der Waals surface area contributed by atoms with Crippen molar-refractivity contribution < 1.29 is 4.74 Å². The van der Waals surface area contributed by atoms with Crippen LogP contribution in [0.3, 0.4) is 0 Å². The Balaban J connectivity index is 1.75. The molecule has 0 aliphatic carbocycles. The van der Waals surface area contributed by atoms with Crippen LogP contribution in [0.4, 0.5) is 0 Å². The van der Waals surface area contributed by atoms with Gasteiger partial charge in [-0.05, 0) is 22.9 Å². The Morgan fingerprint density at radius 1 is 0.769 bits per heavy atom. The third-order valence-corrected chi connectivity index (χ3v) is 6.61. The number of thioether (sulfide) groups is 1. The molecule has 0 N–H and O–H groups in total. The normalized spacial score (nSPS) is 22.4. The highest BCUT2D eigenvalue weighted by molar-refractivity contribution is 7.99. The lowest BCUT2D eigenvalue weighted by Gasteiger charge is -2.57. The van der Waals surface area contributed by atoms with Gasteiger partial charge >= 0.3 is 0 Å². The lowest BCUT2D eigenvalue weighted by Crippen LogP contribution is -2.62. The Kier molecular flexibility index (Phi) is 4.88. The molecular weight excluding hydrogens is 336 g/mol. The highest BCUT2D eigenvalue weighted by Gasteiger charge is 2.58. The quantitative estimate of drug-likeness (QED) is 0.563. The molecule has 1 nitrogen and oxygen atoms in total. The molecule has 0 amide bonds. The van der Waals surface area contributed by atoms with E-state index in [0.717, 1.165) is 0 Å². The van der Waals surface area contributed by atoms with Gasteiger partial charge in [-0.1, -0.05) is 97.9 Å². The maximum absolute atomic E-state index is 6.80. The topological polar surface area (TPSA) is 9.23 Å². The molecule has 2 heteroatoms. The molecule has 3 unspecified atom stereocenters. The first-order valence-electron chi connectivity index (χ1n) is 9.14. The number of benzene rings is 3. The fraction of sp³-hybridized carbons (Fsp3) is 0.250. The Labute approximate surface area is 160 Å². The zero-order valence-corrected chi connectivity index (χ0v) is 16.0. The average Bonchev–Trinajstić information content (AvgIpc) is 2.70. The van der Waals surface area contributed by atoms with Crippen LogP contribution in [0.15, 0.2) is 91.0 Å². The van der Waals surface area contributed by atoms with Crippen LogP contribution in [0.25, 0.3) is 0 Å². The Bertz CT molecular complexity index is 792. The summed E-state index contributed by atoms with van der Waals surface area (Å²) in [7, 11) is 0. The van der Waals surface area contributed by atoms with Gasteiger partial charge < -0.3 is 4.74 Å². The van der Waals surface area contributed by atoms with Crippen LogP contribution in [0.2, 0.25) is 0 Å². The molecule has 0 spiro atoms. The van der Waals surface area contributed by atoms with Crippen LogP contribution in [-0.4, -0.2) is 17.6 Å². The summed E-state index contributed by atoms with van der Waals surface area (Å²) in [6.45, 7) is 2.28. The SMILES string of the molecule is CSC1C(C(C)c2ccccc2)OC1(c1ccccc1)c1ccccc1. The lowest BCUT2D eigenvalue weighted by atomic mass is 9.72. The average molecular weight is 361 g/mol. The van der Waals surface area contributed by atoms with E-state index in [9.17, 15) is 0 Å². The third kappa shape index (κ3) is 2.78. The van der Waals surface area contributed by atoms with Crippen LogP contribution < -0.4 is 0 Å². The van der Waals surface area contributed by atoms with Crippen LogP contribution in [0, 0.1) is 0 Å². The zero-order valence-electron chi connectivity index (χ0n) is 15.2. The molecule has 3 aromatic rings. The van der Waals surface area contributed by atoms with Crippen LogP contribution in [0.1, 0.15) is 29.5 Å². The van der Waals surface area contributed by atoms with Crippen LogP contribution in [0.5, 0.6) is 0 Å². The Morgan fingerprint density at radius 3 is 1.69 bits per heavy atom. The van der Waals surface area contributed by atoms with E-state index in [1.165, 1.54) is 16.7 Å². The molecule has 1 heterocycles. The van der Waals surface area contributed by atoms with Crippen molar-refractivity contribution in [1.82, 2.24) is 0 Å². The summed E-state index contributed by atoms with van der Waals surface area (Å²) < 4.78 is 6.80. The fourth-order valence-corrected chi connectivity index (χ4v) is 5.34. The molecule has 0 bridgehead atoms. The van der Waals surface area contributed by atoms with Gasteiger partial charge in [0.05, 0.1) is 11.4 Å². The largest absolute Gasteiger partial charge is 0.359 e. The fourth-order valence-electron chi connectivity index (χ4n) is 4.12. The molecule has 3 atom stereocenters. The Hall–Kier alpha value is -2.03. The first-order chi connectivity index (χ1) is 12.8. The van der Waals surface area contributed by atoms with Crippen LogP contribution in [-0.2, 0) is 10.3 Å². The minimum atomic E-state index is -0.379. The molecule has 26 heavy (non-hydrogen) atoms. The highest BCUT2D eigenvalue weighted by Crippen LogP contribution is 2.55. The summed E-state index contributed by atoms with van der Waals surface area (Å²) in [6, 6.07) is 32.0. The number of hydrogen-bond acceptors (Lipinski definition) is 2. The minimum absolute atomic E-state index is 0.188. The number of rotatable bonds is 5. The van der Waals surface area contributed by atoms with E-state index in [1.54, 1.807) is 0 Å². The van der Waals surface area contributed by atoms with Crippen molar-refractivity contribution in [2.45, 2.75) is 29.8 Å². The monoisotopic (exact) mass is 360 g/mol. The van der Waals surface area contributed by atoms with E-state index < -0.39 is 0 Å². The van der Waals surface area contributed by atoms with E-state index in [0.29, 0.717) is 11.2 Å². The van der Waals surface area contributed by atoms with Gasteiger partial charge in [0.2, 0.25) is 0 Å². The van der Waals surface area contributed by atoms with Crippen molar-refractivity contribution in [1.29, 1.82) is 0 Å². The summed E-state index contributed by atoms with van der Waals surface area (Å²) >= 11 is 1.91. The zero-order chi connectivity index (χ0) is 18.0. The maximum Gasteiger partial charge on any atom is 0.133 e. The minimum Gasteiger partial charge on any atom is -0.359 e. The number of ether oxygens (including phenoxy) is 1. The molecule has 1 saturated heterocycles. The Morgan fingerprint density at radius 2 is 1.23 bits per heavy atom. The standard InChI is InChI=1S/C24H24OS/c1-18(19-12-6-3-7-13-19)22-23(26-2)24(25-22,20-14-8-4-9-15-20)21-16-10-5-11-17-21/h3-18,22-23H,1-2H3. The van der Waals surface area contributed by atoms with Crippen molar-refractivity contribution >= 4 is 11.8 Å². The smallest absolute Gasteiger partial charge is 0.133 e. The molecule has 0 saturated carbocycles. The second kappa shape index (κ2) is 7.30. The first kappa shape index (κ1) is 17.4. The summed E-state index contributed by atoms with van der Waals surface area (Å²) in [5, 5.41) is 0.363. The van der Waals surface area contributed by atoms with Gasteiger partial charge in [0.1, 0.15) is 5.60 Å². The van der Waals surface area contributed by atoms with Crippen molar-refractivity contribution in [3.05, 3.63) is 108 Å². The molecule has 3 aromatic carbocycles. The van der Waals surface area contributed by atoms with E-state index >= 15 is 0 Å². The van der Waals surface area contributed by atoms with Gasteiger partial charge in [-0.25, -0.2) is 0 Å². The van der Waals surface area contributed by atoms with E-state index in [2.05, 4.69) is 104 Å². The van der Waals surface area contributed by atoms with Gasteiger partial charge in [0, 0.05) is 5.92 Å². The molecule has 1 fully saturated rings. The first-order valence-corrected chi connectivity index (χ1v) is 10.4. The molecule has 4 rings (SSSR count). The van der Waals surface area contributed by atoms with Gasteiger partial charge in [0.15, 0.2) is 0 Å². The molecule has 1 aliphatic rings. The summed E-state index contributed by atoms with van der Waals surface area (Å²) in [4.78, 5) is 0. The third-order valence-electron chi connectivity index (χ3n) is 5.50. The molecule has 0 aromatic heterocycles. The summed E-state index contributed by atoms with van der Waals surface area (Å²) in [6.07, 6.45) is 2.39. The summed E-state index contributed by atoms with van der Waals surface area (Å²) in [5.74, 6) is 0.356. The number of hydrogen-bond donors (Lipinski definition) is 0. The van der Waals surface area contributed by atoms with Crippen molar-refractivity contribution in [2.75, 3.05) is 6.26 Å². The predicted molar refractivity (Wildman–Crippen MR) is 111 cm³/mol. The maximum atomic E-state index is 6.80. The highest BCUT2D eigenvalue weighted by atomic mass is 32.2. The van der Waals surface area contributed by atoms with E-state index in [1.807, 2.05) is 11.8 Å². The van der Waals surface area contributed by atoms with E-state index in [4.69, 9.17) is 4.74 Å². The van der Waals surface area contributed by atoms with E-state index in [-0.39, 0.29) is 11.7 Å². The van der Waals surface area contributed by atoms with Gasteiger partial charge in [-0.3, -0.25) is 0 Å². The van der Waals surface area contributed by atoms with Gasteiger partial charge in [-0.2, -0.15) is 11.8 Å². The summed E-state index contributed by atoms with van der Waals surface area (Å²) in [5.41, 5.74) is 3.44.